The van der Waals surface area contributed by atoms with Gasteiger partial charge < -0.3 is 10.8 Å². The Morgan fingerprint density at radius 1 is 1.17 bits per heavy atom. The normalized spacial score (nSPS) is 10.2. The summed E-state index contributed by atoms with van der Waals surface area (Å²) in [6, 6.07) is 6.81. The van der Waals surface area contributed by atoms with Gasteiger partial charge in [0.25, 0.3) is 0 Å². The lowest BCUT2D eigenvalue weighted by molar-refractivity contribution is -0.125. The summed E-state index contributed by atoms with van der Waals surface area (Å²) in [5, 5.41) is 8.54. The number of rotatable bonds is 2. The van der Waals surface area contributed by atoms with E-state index in [1.807, 2.05) is 6.26 Å². The molecular weight excluding hydrogens is 250 g/mol. The van der Waals surface area contributed by atoms with Gasteiger partial charge in [0.15, 0.2) is 0 Å². The van der Waals surface area contributed by atoms with E-state index in [-0.39, 0.29) is 11.3 Å². The van der Waals surface area contributed by atoms with E-state index >= 15 is 0 Å². The molecule has 0 saturated heterocycles. The van der Waals surface area contributed by atoms with Crippen LogP contribution >= 0.6 is 11.8 Å². The van der Waals surface area contributed by atoms with Gasteiger partial charge in [-0.25, -0.2) is 4.79 Å². The smallest absolute Gasteiger partial charge is 0.335 e. The highest BCUT2D eigenvalue weighted by molar-refractivity contribution is 7.98. The molecule has 1 aromatic rings. The monoisotopic (exact) mass is 269 g/mol. The number of benzene rings is 1. The first-order valence-electron chi connectivity index (χ1n) is 5.35. The number of hydrogen-bond acceptors (Lipinski definition) is 3. The fourth-order valence-corrected chi connectivity index (χ4v) is 1.14. The molecule has 0 unspecified atom stereocenters. The summed E-state index contributed by atoms with van der Waals surface area (Å²) in [5.41, 5.74) is 4.91. The summed E-state index contributed by atoms with van der Waals surface area (Å²) in [6.07, 6.45) is 1.95. The summed E-state index contributed by atoms with van der Waals surface area (Å²) < 4.78 is 0. The highest BCUT2D eigenvalue weighted by atomic mass is 32.2. The molecule has 100 valence electrons. The van der Waals surface area contributed by atoms with Gasteiger partial charge in [0.1, 0.15) is 0 Å². The van der Waals surface area contributed by atoms with E-state index in [2.05, 4.69) is 0 Å². The second-order valence-electron chi connectivity index (χ2n) is 4.65. The average Bonchev–Trinajstić information content (AvgIpc) is 2.28. The number of carboxylic acids is 1. The third-order valence-corrected chi connectivity index (χ3v) is 2.82. The van der Waals surface area contributed by atoms with E-state index in [4.69, 9.17) is 10.8 Å². The fourth-order valence-electron chi connectivity index (χ4n) is 0.734. The molecule has 0 radical (unpaired) electrons. The van der Waals surface area contributed by atoms with E-state index in [1.54, 1.807) is 56.8 Å². The van der Waals surface area contributed by atoms with Crippen molar-refractivity contribution in [3.8, 4) is 0 Å². The van der Waals surface area contributed by atoms with Gasteiger partial charge in [0.05, 0.1) is 5.56 Å². The first kappa shape index (κ1) is 16.5. The highest BCUT2D eigenvalue weighted by Crippen LogP contribution is 2.14. The Balaban J connectivity index is 0.000000360. The van der Waals surface area contributed by atoms with Crippen molar-refractivity contribution in [2.24, 2.45) is 11.1 Å². The Kier molecular flexibility index (Phi) is 6.47. The van der Waals surface area contributed by atoms with Gasteiger partial charge in [-0.05, 0) is 30.5 Å². The molecule has 5 heteroatoms. The number of carboxylic acid groups (broad SMARTS) is 1. The second kappa shape index (κ2) is 7.06. The molecule has 1 rings (SSSR count). The Labute approximate surface area is 112 Å². The number of amides is 1. The van der Waals surface area contributed by atoms with Crippen molar-refractivity contribution in [2.75, 3.05) is 6.26 Å². The molecule has 0 bridgehead atoms. The molecule has 3 N–H and O–H groups in total. The zero-order valence-electron chi connectivity index (χ0n) is 11.1. The molecule has 0 fully saturated rings. The van der Waals surface area contributed by atoms with Crippen LogP contribution in [0.1, 0.15) is 31.1 Å². The van der Waals surface area contributed by atoms with Crippen LogP contribution in [0.2, 0.25) is 0 Å². The van der Waals surface area contributed by atoms with Crippen molar-refractivity contribution in [1.82, 2.24) is 0 Å². The summed E-state index contributed by atoms with van der Waals surface area (Å²) in [5.74, 6) is -1.13. The molecule has 0 aromatic heterocycles. The third-order valence-electron chi connectivity index (χ3n) is 2.08. The number of aromatic carboxylic acids is 1. The Morgan fingerprint density at radius 2 is 1.56 bits per heavy atom. The van der Waals surface area contributed by atoms with Crippen molar-refractivity contribution < 1.29 is 14.7 Å². The van der Waals surface area contributed by atoms with Gasteiger partial charge in [0.2, 0.25) is 5.91 Å². The number of thioether (sulfide) groups is 1. The van der Waals surface area contributed by atoms with Crippen molar-refractivity contribution >= 4 is 23.6 Å². The predicted molar refractivity (Wildman–Crippen MR) is 73.8 cm³/mol. The van der Waals surface area contributed by atoms with Gasteiger partial charge >= 0.3 is 5.97 Å². The Hall–Kier alpha value is -1.49. The van der Waals surface area contributed by atoms with Crippen molar-refractivity contribution in [1.29, 1.82) is 0 Å². The van der Waals surface area contributed by atoms with E-state index in [0.29, 0.717) is 5.56 Å². The maximum absolute atomic E-state index is 10.4. The third kappa shape index (κ3) is 6.30. The molecule has 1 aromatic carbocycles. The minimum absolute atomic E-state index is 0.257. The number of nitrogens with two attached hydrogens (primary N) is 1. The van der Waals surface area contributed by atoms with Crippen LogP contribution in [0.3, 0.4) is 0 Å². The van der Waals surface area contributed by atoms with Crippen LogP contribution in [0.4, 0.5) is 0 Å². The summed E-state index contributed by atoms with van der Waals surface area (Å²) in [6.45, 7) is 5.36. The van der Waals surface area contributed by atoms with Gasteiger partial charge in [-0.15, -0.1) is 11.8 Å². The van der Waals surface area contributed by atoms with E-state index in [0.717, 1.165) is 4.90 Å². The standard InChI is InChI=1S/C8H8O2S.C5H11NO/c1-11-7-4-2-6(3-5-7)8(9)10;1-5(2,3)4(6)7/h2-5H,1H3,(H,9,10);1-3H3,(H2,6,7). The van der Waals surface area contributed by atoms with Crippen molar-refractivity contribution in [2.45, 2.75) is 25.7 Å². The van der Waals surface area contributed by atoms with Crippen LogP contribution in [-0.4, -0.2) is 23.2 Å². The zero-order valence-corrected chi connectivity index (χ0v) is 11.9. The van der Waals surface area contributed by atoms with Gasteiger partial charge in [-0.3, -0.25) is 4.79 Å². The van der Waals surface area contributed by atoms with Gasteiger partial charge in [-0.2, -0.15) is 0 Å². The lowest BCUT2D eigenvalue weighted by Crippen LogP contribution is -2.27. The molecular formula is C13H19NO3S. The van der Waals surface area contributed by atoms with E-state index < -0.39 is 5.97 Å². The second-order valence-corrected chi connectivity index (χ2v) is 5.53. The highest BCUT2D eigenvalue weighted by Gasteiger charge is 2.16. The van der Waals surface area contributed by atoms with Gasteiger partial charge in [0, 0.05) is 10.3 Å². The Bertz CT molecular complexity index is 407. The molecule has 4 nitrogen and oxygen atoms in total. The number of carbonyl (C=O) groups is 2. The zero-order chi connectivity index (χ0) is 14.3. The summed E-state index contributed by atoms with van der Waals surface area (Å²) >= 11 is 1.60. The first-order valence-corrected chi connectivity index (χ1v) is 6.58. The number of primary amides is 1. The Morgan fingerprint density at radius 3 is 1.78 bits per heavy atom. The molecule has 1 amide bonds. The van der Waals surface area contributed by atoms with Crippen molar-refractivity contribution in [3.63, 3.8) is 0 Å². The molecule has 0 atom stereocenters. The molecule has 0 heterocycles. The summed E-state index contributed by atoms with van der Waals surface area (Å²) in [4.78, 5) is 21.7. The van der Waals surface area contributed by atoms with Crippen LogP contribution in [0.25, 0.3) is 0 Å². The number of hydrogen-bond donors (Lipinski definition) is 2. The van der Waals surface area contributed by atoms with E-state index in [9.17, 15) is 9.59 Å². The molecule has 0 aliphatic rings. The van der Waals surface area contributed by atoms with Gasteiger partial charge in [-0.1, -0.05) is 20.8 Å². The lowest BCUT2D eigenvalue weighted by Gasteiger charge is -2.10. The van der Waals surface area contributed by atoms with Crippen LogP contribution in [0, 0.1) is 5.41 Å². The number of carbonyl (C=O) groups excluding carboxylic acids is 1. The van der Waals surface area contributed by atoms with Crippen LogP contribution < -0.4 is 5.73 Å². The molecule has 0 saturated carbocycles. The predicted octanol–water partition coefficient (Wildman–Crippen LogP) is 2.62. The molecule has 0 aliphatic heterocycles. The van der Waals surface area contributed by atoms with Crippen molar-refractivity contribution in [3.05, 3.63) is 29.8 Å². The minimum Gasteiger partial charge on any atom is -0.478 e. The quantitative estimate of drug-likeness (QED) is 0.809. The van der Waals surface area contributed by atoms with E-state index in [1.165, 1.54) is 0 Å². The molecule has 0 spiro atoms. The lowest BCUT2D eigenvalue weighted by atomic mass is 9.96. The molecule has 0 aliphatic carbocycles. The molecule has 18 heavy (non-hydrogen) atoms. The van der Waals surface area contributed by atoms with Crippen LogP contribution in [0.15, 0.2) is 29.2 Å². The van der Waals surface area contributed by atoms with Crippen LogP contribution in [-0.2, 0) is 4.79 Å². The largest absolute Gasteiger partial charge is 0.478 e. The average molecular weight is 269 g/mol. The maximum atomic E-state index is 10.4. The SMILES string of the molecule is CC(C)(C)C(N)=O.CSc1ccc(C(=O)O)cc1. The topological polar surface area (TPSA) is 80.4 Å². The maximum Gasteiger partial charge on any atom is 0.335 e. The fraction of sp³-hybridized carbons (Fsp3) is 0.385. The van der Waals surface area contributed by atoms with Crippen LogP contribution in [0.5, 0.6) is 0 Å². The minimum atomic E-state index is -0.877. The summed E-state index contributed by atoms with van der Waals surface area (Å²) in [7, 11) is 0. The first-order chi connectivity index (χ1) is 8.18.